The smallest absolute Gasteiger partial charge is 0.255 e. The van der Waals surface area contributed by atoms with Crippen molar-refractivity contribution < 1.29 is 9.00 Å². The van der Waals surface area contributed by atoms with Crippen molar-refractivity contribution >= 4 is 29.8 Å². The molecule has 0 saturated heterocycles. The molecule has 6 nitrogen and oxygen atoms in total. The van der Waals surface area contributed by atoms with Crippen LogP contribution in [0.5, 0.6) is 0 Å². The Balaban J connectivity index is 0.00000124. The van der Waals surface area contributed by atoms with E-state index in [-0.39, 0.29) is 5.91 Å². The highest BCUT2D eigenvalue weighted by molar-refractivity contribution is 7.44. The van der Waals surface area contributed by atoms with Crippen molar-refractivity contribution in [2.24, 2.45) is 0 Å². The number of fused-ring (bicyclic) bond motifs is 1. The van der Waals surface area contributed by atoms with Crippen molar-refractivity contribution in [2.45, 2.75) is 39.8 Å². The first-order chi connectivity index (χ1) is 14.5. The third-order valence-corrected chi connectivity index (χ3v) is 5.06. The van der Waals surface area contributed by atoms with Crippen LogP contribution in [-0.2, 0) is 25.6 Å². The number of benzene rings is 2. The lowest BCUT2D eigenvalue weighted by atomic mass is 10.0. The SMILES string of the molecule is Cc1ncc2c(n1)CN(c1cccc(C(=O)Nc3cccc(C(C)C)c3)c1)C2.O=S. The summed E-state index contributed by atoms with van der Waals surface area (Å²) in [5.74, 6) is 1.11. The minimum atomic E-state index is -0.102. The lowest BCUT2D eigenvalue weighted by molar-refractivity contribution is 0.102. The molecule has 1 N–H and O–H groups in total. The summed E-state index contributed by atoms with van der Waals surface area (Å²) in [6, 6.07) is 15.8. The molecule has 4 rings (SSSR count). The first-order valence-electron chi connectivity index (χ1n) is 9.74. The van der Waals surface area contributed by atoms with Gasteiger partial charge in [0.05, 0.1) is 12.2 Å². The number of nitrogens with one attached hydrogen (secondary N) is 1. The van der Waals surface area contributed by atoms with Gasteiger partial charge in [0.25, 0.3) is 5.91 Å². The molecular formula is C23H24N4O2S. The Morgan fingerprint density at radius 2 is 1.87 bits per heavy atom. The predicted octanol–water partition coefficient (Wildman–Crippen LogP) is 4.34. The van der Waals surface area contributed by atoms with E-state index in [0.717, 1.165) is 41.5 Å². The Morgan fingerprint density at radius 3 is 2.63 bits per heavy atom. The number of amides is 1. The topological polar surface area (TPSA) is 75.2 Å². The minimum Gasteiger partial charge on any atom is -0.361 e. The fourth-order valence-corrected chi connectivity index (χ4v) is 3.46. The lowest BCUT2D eigenvalue weighted by Gasteiger charge is -2.18. The van der Waals surface area contributed by atoms with Gasteiger partial charge in [-0.3, -0.25) is 4.79 Å². The summed E-state index contributed by atoms with van der Waals surface area (Å²) in [5, 5.41) is 3.02. The van der Waals surface area contributed by atoms with Crippen LogP contribution in [0.1, 0.15) is 52.8 Å². The maximum atomic E-state index is 12.8. The molecule has 1 aliphatic heterocycles. The predicted molar refractivity (Wildman–Crippen MR) is 120 cm³/mol. The van der Waals surface area contributed by atoms with Crippen LogP contribution < -0.4 is 10.2 Å². The molecule has 154 valence electrons. The van der Waals surface area contributed by atoms with Gasteiger partial charge in [-0.2, -0.15) is 4.21 Å². The van der Waals surface area contributed by atoms with Crippen LogP contribution in [0.25, 0.3) is 0 Å². The van der Waals surface area contributed by atoms with Crippen molar-refractivity contribution in [1.82, 2.24) is 9.97 Å². The maximum Gasteiger partial charge on any atom is 0.255 e. The number of hydrogen-bond acceptors (Lipinski definition) is 6. The Bertz CT molecular complexity index is 1050. The molecule has 0 saturated carbocycles. The van der Waals surface area contributed by atoms with E-state index in [4.69, 9.17) is 4.21 Å². The fraction of sp³-hybridized carbons (Fsp3) is 0.261. The van der Waals surface area contributed by atoms with Gasteiger partial charge in [0.2, 0.25) is 0 Å². The van der Waals surface area contributed by atoms with E-state index in [2.05, 4.69) is 52.6 Å². The summed E-state index contributed by atoms with van der Waals surface area (Å²) in [5.41, 5.74) is 5.89. The van der Waals surface area contributed by atoms with E-state index in [0.29, 0.717) is 11.5 Å². The molecule has 7 heteroatoms. The van der Waals surface area contributed by atoms with E-state index in [1.807, 2.05) is 55.6 Å². The van der Waals surface area contributed by atoms with Crippen molar-refractivity contribution in [3.05, 3.63) is 82.9 Å². The number of carbonyl (C=O) groups excluding carboxylic acids is 1. The van der Waals surface area contributed by atoms with Crippen LogP contribution in [0.4, 0.5) is 11.4 Å². The first kappa shape index (κ1) is 21.5. The standard InChI is InChI=1S/C23H24N4O.OS/c1-15(2)17-6-4-8-20(10-17)26-23(28)18-7-5-9-21(11-18)27-13-19-12-24-16(3)25-22(19)14-27;1-2/h4-12,15H,13-14H2,1-3H3,(H,26,28);. The molecule has 2 aromatic carbocycles. The van der Waals surface area contributed by atoms with E-state index >= 15 is 0 Å². The van der Waals surface area contributed by atoms with Gasteiger partial charge in [0, 0.05) is 35.2 Å². The largest absolute Gasteiger partial charge is 0.361 e. The molecular weight excluding hydrogens is 396 g/mol. The Morgan fingerprint density at radius 1 is 1.10 bits per heavy atom. The second kappa shape index (κ2) is 9.54. The van der Waals surface area contributed by atoms with Gasteiger partial charge in [0.15, 0.2) is 12.5 Å². The molecule has 0 bridgehead atoms. The number of nitrogens with zero attached hydrogens (tertiary/aromatic N) is 3. The summed E-state index contributed by atoms with van der Waals surface area (Å²) in [7, 11) is 0. The summed E-state index contributed by atoms with van der Waals surface area (Å²) < 4.78 is 7.83. The van der Waals surface area contributed by atoms with Crippen LogP contribution in [0.15, 0.2) is 54.7 Å². The molecule has 0 fully saturated rings. The van der Waals surface area contributed by atoms with Gasteiger partial charge in [-0.15, -0.1) is 0 Å². The van der Waals surface area contributed by atoms with Crippen molar-refractivity contribution in [3.8, 4) is 0 Å². The zero-order valence-corrected chi connectivity index (χ0v) is 18.1. The van der Waals surface area contributed by atoms with Gasteiger partial charge in [-0.05, 0) is 48.7 Å². The molecule has 0 radical (unpaired) electrons. The number of aromatic nitrogens is 2. The molecule has 0 unspecified atom stereocenters. The maximum absolute atomic E-state index is 12.8. The van der Waals surface area contributed by atoms with Gasteiger partial charge in [0.1, 0.15) is 5.82 Å². The van der Waals surface area contributed by atoms with Gasteiger partial charge in [-0.1, -0.05) is 32.0 Å². The summed E-state index contributed by atoms with van der Waals surface area (Å²) in [4.78, 5) is 23.8. The Hall–Kier alpha value is -3.19. The average Bonchev–Trinajstić information content (AvgIpc) is 3.18. The van der Waals surface area contributed by atoms with E-state index < -0.39 is 0 Å². The zero-order valence-electron chi connectivity index (χ0n) is 17.3. The van der Waals surface area contributed by atoms with Crippen molar-refractivity contribution in [2.75, 3.05) is 10.2 Å². The third-order valence-electron chi connectivity index (χ3n) is 5.06. The number of anilines is 2. The summed E-state index contributed by atoms with van der Waals surface area (Å²) in [6.45, 7) is 7.69. The minimum absolute atomic E-state index is 0.102. The van der Waals surface area contributed by atoms with Gasteiger partial charge < -0.3 is 10.2 Å². The zero-order chi connectivity index (χ0) is 21.7. The van der Waals surface area contributed by atoms with Crippen LogP contribution in [0.2, 0.25) is 0 Å². The van der Waals surface area contributed by atoms with Crippen LogP contribution in [0.3, 0.4) is 0 Å². The molecule has 1 aromatic heterocycles. The molecule has 2 heterocycles. The van der Waals surface area contributed by atoms with Crippen LogP contribution in [0, 0.1) is 6.92 Å². The highest BCUT2D eigenvalue weighted by Gasteiger charge is 2.21. The molecule has 30 heavy (non-hydrogen) atoms. The number of carbonyl (C=O) groups is 1. The molecule has 1 amide bonds. The third kappa shape index (κ3) is 4.86. The molecule has 0 spiro atoms. The second-order valence-corrected chi connectivity index (χ2v) is 7.53. The van der Waals surface area contributed by atoms with Crippen molar-refractivity contribution in [3.63, 3.8) is 0 Å². The highest BCUT2D eigenvalue weighted by Crippen LogP contribution is 2.27. The van der Waals surface area contributed by atoms with Gasteiger partial charge in [-0.25, -0.2) is 9.97 Å². The summed E-state index contributed by atoms with van der Waals surface area (Å²) >= 11 is 2.83. The Kier molecular flexibility index (Phi) is 6.84. The second-order valence-electron chi connectivity index (χ2n) is 7.53. The first-order valence-corrected chi connectivity index (χ1v) is 10.1. The van der Waals surface area contributed by atoms with Crippen LogP contribution in [-0.4, -0.2) is 20.1 Å². The monoisotopic (exact) mass is 420 g/mol. The van der Waals surface area contributed by atoms with E-state index in [9.17, 15) is 4.79 Å². The van der Waals surface area contributed by atoms with Crippen molar-refractivity contribution in [1.29, 1.82) is 0 Å². The number of aryl methyl sites for hydroxylation is 1. The number of hydrogen-bond donors (Lipinski definition) is 1. The molecule has 1 aliphatic rings. The van der Waals surface area contributed by atoms with E-state index in [1.165, 1.54) is 5.56 Å². The molecule has 0 atom stereocenters. The molecule has 3 aromatic rings. The fourth-order valence-electron chi connectivity index (χ4n) is 3.46. The molecule has 0 aliphatic carbocycles. The van der Waals surface area contributed by atoms with Crippen LogP contribution >= 0.6 is 0 Å². The highest BCUT2D eigenvalue weighted by atomic mass is 32.1. The van der Waals surface area contributed by atoms with E-state index in [1.54, 1.807) is 0 Å². The quantitative estimate of drug-likeness (QED) is 0.677. The number of rotatable bonds is 4. The summed E-state index contributed by atoms with van der Waals surface area (Å²) in [6.07, 6.45) is 1.90. The lowest BCUT2D eigenvalue weighted by Crippen LogP contribution is -2.17. The average molecular weight is 421 g/mol. The normalized spacial score (nSPS) is 12.2. The van der Waals surface area contributed by atoms with Gasteiger partial charge >= 0.3 is 0 Å². The Labute approximate surface area is 181 Å².